The average molecular weight is 972 g/mol. The molecule has 1 unspecified atom stereocenters. The zero-order chi connectivity index (χ0) is 50.0. The van der Waals surface area contributed by atoms with Gasteiger partial charge in [0.25, 0.3) is 0 Å². The molecule has 0 bridgehead atoms. The summed E-state index contributed by atoms with van der Waals surface area (Å²) in [7, 11) is 0. The van der Waals surface area contributed by atoms with Crippen LogP contribution in [-0.4, -0.2) is 37.2 Å². The van der Waals surface area contributed by atoms with Gasteiger partial charge in [-0.1, -0.05) is 295 Å². The molecule has 0 aliphatic rings. The minimum atomic E-state index is -0.766. The van der Waals surface area contributed by atoms with E-state index in [1.807, 2.05) is 0 Å². The Hall–Kier alpha value is -2.11. The molecule has 0 heterocycles. The number of allylic oxidation sites excluding steroid dienone is 4. The van der Waals surface area contributed by atoms with Crippen LogP contribution in [0.1, 0.15) is 342 Å². The van der Waals surface area contributed by atoms with Crippen LogP contribution in [0.15, 0.2) is 24.3 Å². The van der Waals surface area contributed by atoms with Crippen molar-refractivity contribution in [2.24, 2.45) is 0 Å². The zero-order valence-electron chi connectivity index (χ0n) is 46.6. The summed E-state index contributed by atoms with van der Waals surface area (Å²) in [5.41, 5.74) is 0. The van der Waals surface area contributed by atoms with Gasteiger partial charge in [0.05, 0.1) is 0 Å². The highest BCUT2D eigenvalue weighted by Gasteiger charge is 2.19. The van der Waals surface area contributed by atoms with Gasteiger partial charge in [-0.05, 0) is 51.4 Å². The van der Waals surface area contributed by atoms with E-state index in [2.05, 4.69) is 45.1 Å². The van der Waals surface area contributed by atoms with E-state index in [0.717, 1.165) is 64.2 Å². The zero-order valence-corrected chi connectivity index (χ0v) is 46.6. The fraction of sp³-hybridized carbons (Fsp3) is 0.889. The fourth-order valence-electron chi connectivity index (χ4n) is 9.30. The van der Waals surface area contributed by atoms with E-state index in [4.69, 9.17) is 14.2 Å². The topological polar surface area (TPSA) is 78.9 Å². The van der Waals surface area contributed by atoms with Gasteiger partial charge < -0.3 is 14.2 Å². The first-order chi connectivity index (χ1) is 34.0. The molecule has 406 valence electrons. The average Bonchev–Trinajstić information content (AvgIpc) is 3.35. The smallest absolute Gasteiger partial charge is 0.306 e. The van der Waals surface area contributed by atoms with E-state index in [9.17, 15) is 14.4 Å². The Balaban J connectivity index is 4.25. The van der Waals surface area contributed by atoms with Crippen molar-refractivity contribution in [2.45, 2.75) is 348 Å². The molecule has 0 rings (SSSR count). The molecule has 0 N–H and O–H groups in total. The predicted octanol–water partition coefficient (Wildman–Crippen LogP) is 20.7. The van der Waals surface area contributed by atoms with Gasteiger partial charge in [-0.25, -0.2) is 0 Å². The molecule has 69 heavy (non-hydrogen) atoms. The fourth-order valence-corrected chi connectivity index (χ4v) is 9.30. The van der Waals surface area contributed by atoms with Crippen molar-refractivity contribution in [1.29, 1.82) is 0 Å². The largest absolute Gasteiger partial charge is 0.462 e. The Bertz CT molecular complexity index is 1110. The highest BCUT2D eigenvalue weighted by Crippen LogP contribution is 2.17. The van der Waals surface area contributed by atoms with Crippen LogP contribution < -0.4 is 0 Å². The Morgan fingerprint density at radius 2 is 0.522 bits per heavy atom. The van der Waals surface area contributed by atoms with E-state index in [-0.39, 0.29) is 31.1 Å². The maximum Gasteiger partial charge on any atom is 0.306 e. The van der Waals surface area contributed by atoms with Crippen LogP contribution in [-0.2, 0) is 28.6 Å². The van der Waals surface area contributed by atoms with E-state index >= 15 is 0 Å². The van der Waals surface area contributed by atoms with E-state index < -0.39 is 6.10 Å². The van der Waals surface area contributed by atoms with E-state index in [1.165, 1.54) is 238 Å². The van der Waals surface area contributed by atoms with Crippen molar-refractivity contribution in [1.82, 2.24) is 0 Å². The number of unbranched alkanes of at least 4 members (excludes halogenated alkanes) is 42. The molecule has 0 radical (unpaired) electrons. The number of hydrogen-bond donors (Lipinski definition) is 0. The summed E-state index contributed by atoms with van der Waals surface area (Å²) in [5, 5.41) is 0. The maximum atomic E-state index is 12.9. The van der Waals surface area contributed by atoms with Crippen LogP contribution >= 0.6 is 0 Å². The molecule has 0 fully saturated rings. The van der Waals surface area contributed by atoms with Crippen molar-refractivity contribution < 1.29 is 28.6 Å². The normalized spacial score (nSPS) is 12.1. The van der Waals surface area contributed by atoms with Crippen LogP contribution in [0.3, 0.4) is 0 Å². The highest BCUT2D eigenvalue weighted by molar-refractivity contribution is 5.71. The quantitative estimate of drug-likeness (QED) is 0.0261. The molecule has 0 spiro atoms. The molecule has 0 aliphatic carbocycles. The SMILES string of the molecule is CCCCCCC/C=C\C/C=C\CCCCCCCCCCCCCC(=O)OCC(COC(=O)CCCCCCCCCCCCCCCC)OC(=O)CCCCCCCCCCCCCCCC. The molecular formula is C63H118O6. The number of carbonyl (C=O) groups is 3. The summed E-state index contributed by atoms with van der Waals surface area (Å²) in [6.07, 6.45) is 68.9. The van der Waals surface area contributed by atoms with Gasteiger partial charge >= 0.3 is 17.9 Å². The monoisotopic (exact) mass is 971 g/mol. The van der Waals surface area contributed by atoms with Gasteiger partial charge in [0, 0.05) is 19.3 Å². The van der Waals surface area contributed by atoms with Crippen molar-refractivity contribution in [3.8, 4) is 0 Å². The summed E-state index contributed by atoms with van der Waals surface area (Å²) in [6, 6.07) is 0. The third kappa shape index (κ3) is 56.7. The Morgan fingerprint density at radius 3 is 0.797 bits per heavy atom. The molecule has 6 heteroatoms. The number of carbonyl (C=O) groups excluding carboxylic acids is 3. The third-order valence-electron chi connectivity index (χ3n) is 14.0. The molecule has 0 aliphatic heterocycles. The standard InChI is InChI=1S/C63H118O6/c1-4-7-10-13-16-19-22-25-28-29-30-31-32-33-34-35-36-39-41-44-47-50-53-56-62(65)68-59-60(69-63(66)57-54-51-48-45-42-38-27-24-21-18-15-12-9-6-3)58-67-61(64)55-52-49-46-43-40-37-26-23-20-17-14-11-8-5-2/h22,25,29-30,60H,4-21,23-24,26-28,31-59H2,1-3H3/b25-22-,30-29-. The first-order valence-electron chi connectivity index (χ1n) is 30.8. The summed E-state index contributed by atoms with van der Waals surface area (Å²) >= 11 is 0. The number of esters is 3. The van der Waals surface area contributed by atoms with E-state index in [1.54, 1.807) is 0 Å². The predicted molar refractivity (Wildman–Crippen MR) is 298 cm³/mol. The molecule has 0 aromatic rings. The van der Waals surface area contributed by atoms with Crippen molar-refractivity contribution >= 4 is 17.9 Å². The van der Waals surface area contributed by atoms with Gasteiger partial charge in [-0.2, -0.15) is 0 Å². The van der Waals surface area contributed by atoms with Crippen LogP contribution in [0, 0.1) is 0 Å². The Kier molecular flexibility index (Phi) is 56.7. The van der Waals surface area contributed by atoms with E-state index in [0.29, 0.717) is 19.3 Å². The minimum absolute atomic E-state index is 0.0655. The maximum absolute atomic E-state index is 12.9. The molecule has 0 aromatic carbocycles. The summed E-state index contributed by atoms with van der Waals surface area (Å²) in [5.74, 6) is -0.843. The number of hydrogen-bond acceptors (Lipinski definition) is 6. The van der Waals surface area contributed by atoms with Crippen LogP contribution in [0.4, 0.5) is 0 Å². The molecule has 0 aromatic heterocycles. The van der Waals surface area contributed by atoms with Gasteiger partial charge in [0.1, 0.15) is 13.2 Å². The van der Waals surface area contributed by atoms with Gasteiger partial charge in [-0.3, -0.25) is 14.4 Å². The third-order valence-corrected chi connectivity index (χ3v) is 14.0. The number of rotatable bonds is 57. The highest BCUT2D eigenvalue weighted by atomic mass is 16.6. The minimum Gasteiger partial charge on any atom is -0.462 e. The van der Waals surface area contributed by atoms with Gasteiger partial charge in [-0.15, -0.1) is 0 Å². The molecule has 1 atom stereocenters. The van der Waals surface area contributed by atoms with Crippen LogP contribution in [0.5, 0.6) is 0 Å². The van der Waals surface area contributed by atoms with Crippen molar-refractivity contribution in [2.75, 3.05) is 13.2 Å². The second-order valence-electron chi connectivity index (χ2n) is 21.0. The molecule has 0 saturated carbocycles. The lowest BCUT2D eigenvalue weighted by Crippen LogP contribution is -2.30. The summed E-state index contributed by atoms with van der Waals surface area (Å²) in [4.78, 5) is 38.2. The molecule has 6 nitrogen and oxygen atoms in total. The van der Waals surface area contributed by atoms with Crippen LogP contribution in [0.25, 0.3) is 0 Å². The summed E-state index contributed by atoms with van der Waals surface area (Å²) in [6.45, 7) is 6.69. The lowest BCUT2D eigenvalue weighted by Gasteiger charge is -2.18. The van der Waals surface area contributed by atoms with Crippen LogP contribution in [0.2, 0.25) is 0 Å². The first-order valence-corrected chi connectivity index (χ1v) is 30.8. The Morgan fingerprint density at radius 1 is 0.290 bits per heavy atom. The van der Waals surface area contributed by atoms with Gasteiger partial charge in [0.15, 0.2) is 6.10 Å². The Labute approximate surface area is 430 Å². The second kappa shape index (κ2) is 58.5. The first kappa shape index (κ1) is 66.9. The molecule has 0 amide bonds. The summed E-state index contributed by atoms with van der Waals surface area (Å²) < 4.78 is 16.9. The van der Waals surface area contributed by atoms with Crippen molar-refractivity contribution in [3.63, 3.8) is 0 Å². The lowest BCUT2D eigenvalue weighted by molar-refractivity contribution is -0.167. The second-order valence-corrected chi connectivity index (χ2v) is 21.0. The molecule has 0 saturated heterocycles. The lowest BCUT2D eigenvalue weighted by atomic mass is 10.0. The number of ether oxygens (including phenoxy) is 3. The van der Waals surface area contributed by atoms with Gasteiger partial charge in [0.2, 0.25) is 0 Å². The van der Waals surface area contributed by atoms with Crippen molar-refractivity contribution in [3.05, 3.63) is 24.3 Å². The molecular weight excluding hydrogens is 853 g/mol.